The van der Waals surface area contributed by atoms with Crippen molar-refractivity contribution >= 4 is 10.0 Å². The Morgan fingerprint density at radius 2 is 2.10 bits per heavy atom. The zero-order valence-corrected chi connectivity index (χ0v) is 13.3. The van der Waals surface area contributed by atoms with Crippen LogP contribution in [0.2, 0.25) is 0 Å². The second kappa shape index (κ2) is 6.24. The molecule has 1 heterocycles. The molecule has 0 aliphatic carbocycles. The van der Waals surface area contributed by atoms with E-state index >= 15 is 0 Å². The summed E-state index contributed by atoms with van der Waals surface area (Å²) in [5.41, 5.74) is 0.998. The van der Waals surface area contributed by atoms with Crippen molar-refractivity contribution in [2.45, 2.75) is 50.1 Å². The molecule has 0 bridgehead atoms. The number of hydrogen-bond acceptors (Lipinski definition) is 3. The molecule has 112 valence electrons. The molecule has 2 atom stereocenters. The summed E-state index contributed by atoms with van der Waals surface area (Å²) in [6, 6.07) is 7.51. The summed E-state index contributed by atoms with van der Waals surface area (Å²) in [6.07, 6.45) is 3.02. The van der Waals surface area contributed by atoms with Crippen molar-refractivity contribution in [1.82, 2.24) is 9.62 Å². The van der Waals surface area contributed by atoms with Crippen LogP contribution in [0.25, 0.3) is 0 Å². The van der Waals surface area contributed by atoms with Crippen molar-refractivity contribution in [3.8, 4) is 0 Å². The van der Waals surface area contributed by atoms with Gasteiger partial charge in [-0.1, -0.05) is 18.6 Å². The van der Waals surface area contributed by atoms with Crippen molar-refractivity contribution in [3.63, 3.8) is 0 Å². The van der Waals surface area contributed by atoms with Crippen LogP contribution in [-0.4, -0.2) is 32.4 Å². The number of nitrogens with one attached hydrogen (secondary N) is 1. The van der Waals surface area contributed by atoms with Gasteiger partial charge in [0.25, 0.3) is 0 Å². The standard InChI is InChI=1S/C15H24N2O2S/c1-12-7-4-5-10-17(12)20(18,19)15-9-6-8-14(11-15)13(2)16-3/h6,8-9,11-13,16H,4-5,7,10H2,1-3H3. The lowest BCUT2D eigenvalue weighted by Crippen LogP contribution is -2.41. The number of benzene rings is 1. The van der Waals surface area contributed by atoms with E-state index in [4.69, 9.17) is 0 Å². The van der Waals surface area contributed by atoms with Crippen molar-refractivity contribution < 1.29 is 8.42 Å². The topological polar surface area (TPSA) is 49.4 Å². The minimum atomic E-state index is -3.37. The lowest BCUT2D eigenvalue weighted by Gasteiger charge is -2.32. The highest BCUT2D eigenvalue weighted by atomic mass is 32.2. The number of sulfonamides is 1. The fourth-order valence-corrected chi connectivity index (χ4v) is 4.43. The first-order valence-electron chi connectivity index (χ1n) is 7.26. The zero-order valence-electron chi connectivity index (χ0n) is 12.5. The van der Waals surface area contributed by atoms with Gasteiger partial charge in [0.2, 0.25) is 10.0 Å². The Bertz CT molecular complexity index is 557. The summed E-state index contributed by atoms with van der Waals surface area (Å²) < 4.78 is 27.2. The smallest absolute Gasteiger partial charge is 0.243 e. The third-order valence-corrected chi connectivity index (χ3v) is 6.15. The number of hydrogen-bond donors (Lipinski definition) is 1. The van der Waals surface area contributed by atoms with E-state index in [2.05, 4.69) is 5.32 Å². The van der Waals surface area contributed by atoms with Gasteiger partial charge in [0.15, 0.2) is 0 Å². The molecule has 1 N–H and O–H groups in total. The Hall–Kier alpha value is -0.910. The predicted octanol–water partition coefficient (Wildman–Crippen LogP) is 2.53. The van der Waals surface area contributed by atoms with Gasteiger partial charge in [0.1, 0.15) is 0 Å². The summed E-state index contributed by atoms with van der Waals surface area (Å²) in [7, 11) is -1.50. The Balaban J connectivity index is 2.34. The average molecular weight is 296 g/mol. The Morgan fingerprint density at radius 1 is 1.35 bits per heavy atom. The van der Waals surface area contributed by atoms with E-state index in [-0.39, 0.29) is 12.1 Å². The predicted molar refractivity (Wildman–Crippen MR) is 81.1 cm³/mol. The number of rotatable bonds is 4. The van der Waals surface area contributed by atoms with Crippen LogP contribution in [0.15, 0.2) is 29.2 Å². The fourth-order valence-electron chi connectivity index (χ4n) is 2.68. The fraction of sp³-hybridized carbons (Fsp3) is 0.600. The molecule has 20 heavy (non-hydrogen) atoms. The van der Waals surface area contributed by atoms with E-state index in [1.165, 1.54) is 0 Å². The quantitative estimate of drug-likeness (QED) is 0.929. The first-order chi connectivity index (χ1) is 9.46. The van der Waals surface area contributed by atoms with Gasteiger partial charge >= 0.3 is 0 Å². The van der Waals surface area contributed by atoms with Crippen LogP contribution in [0, 0.1) is 0 Å². The van der Waals surface area contributed by atoms with Crippen LogP contribution in [0.3, 0.4) is 0 Å². The molecular weight excluding hydrogens is 272 g/mol. The highest BCUT2D eigenvalue weighted by Gasteiger charge is 2.31. The van der Waals surface area contributed by atoms with Gasteiger partial charge in [-0.3, -0.25) is 0 Å². The van der Waals surface area contributed by atoms with Crippen molar-refractivity contribution in [3.05, 3.63) is 29.8 Å². The first kappa shape index (κ1) is 15.5. The summed E-state index contributed by atoms with van der Waals surface area (Å²) in [5.74, 6) is 0. The minimum absolute atomic E-state index is 0.0964. The van der Waals surface area contributed by atoms with Crippen LogP contribution in [0.4, 0.5) is 0 Å². The molecule has 5 heteroatoms. The van der Waals surface area contributed by atoms with Gasteiger partial charge in [-0.15, -0.1) is 0 Å². The molecule has 1 aromatic rings. The summed E-state index contributed by atoms with van der Waals surface area (Å²) in [4.78, 5) is 0.408. The van der Waals surface area contributed by atoms with Crippen LogP contribution < -0.4 is 5.32 Å². The summed E-state index contributed by atoms with van der Waals surface area (Å²) in [6.45, 7) is 4.65. The molecule has 0 amide bonds. The van der Waals surface area contributed by atoms with E-state index in [0.29, 0.717) is 11.4 Å². The van der Waals surface area contributed by atoms with E-state index < -0.39 is 10.0 Å². The van der Waals surface area contributed by atoms with Gasteiger partial charge in [0.05, 0.1) is 4.90 Å². The molecular formula is C15H24N2O2S. The van der Waals surface area contributed by atoms with Crippen molar-refractivity contribution in [2.24, 2.45) is 0 Å². The molecule has 0 saturated carbocycles. The van der Waals surface area contributed by atoms with E-state index in [0.717, 1.165) is 24.8 Å². The largest absolute Gasteiger partial charge is 0.313 e. The summed E-state index contributed by atoms with van der Waals surface area (Å²) in [5, 5.41) is 3.14. The number of piperidine rings is 1. The lowest BCUT2D eigenvalue weighted by molar-refractivity contribution is 0.268. The molecule has 2 unspecified atom stereocenters. The van der Waals surface area contributed by atoms with Crippen molar-refractivity contribution in [2.75, 3.05) is 13.6 Å². The molecule has 1 aliphatic rings. The highest BCUT2D eigenvalue weighted by Crippen LogP contribution is 2.26. The van der Waals surface area contributed by atoms with Crippen molar-refractivity contribution in [1.29, 1.82) is 0 Å². The zero-order chi connectivity index (χ0) is 14.8. The van der Waals surface area contributed by atoms with Gasteiger partial charge in [-0.2, -0.15) is 4.31 Å². The second-order valence-electron chi connectivity index (χ2n) is 5.54. The lowest BCUT2D eigenvalue weighted by atomic mass is 10.1. The van der Waals surface area contributed by atoms with Gasteiger partial charge in [-0.25, -0.2) is 8.42 Å². The molecule has 0 aromatic heterocycles. The maximum absolute atomic E-state index is 12.8. The van der Waals surface area contributed by atoms with E-state index in [9.17, 15) is 8.42 Å². The third kappa shape index (κ3) is 3.05. The molecule has 2 rings (SSSR count). The Labute approximate surface area is 122 Å². The minimum Gasteiger partial charge on any atom is -0.313 e. The normalized spacial score (nSPS) is 22.6. The average Bonchev–Trinajstić information content (AvgIpc) is 2.47. The van der Waals surface area contributed by atoms with Crippen LogP contribution in [0.1, 0.15) is 44.7 Å². The summed E-state index contributed by atoms with van der Waals surface area (Å²) >= 11 is 0. The maximum Gasteiger partial charge on any atom is 0.243 e. The molecule has 1 saturated heterocycles. The molecule has 1 aliphatic heterocycles. The molecule has 1 aromatic carbocycles. The third-order valence-electron chi connectivity index (χ3n) is 4.14. The molecule has 0 spiro atoms. The first-order valence-corrected chi connectivity index (χ1v) is 8.70. The van der Waals surface area contributed by atoms with Crippen LogP contribution in [0.5, 0.6) is 0 Å². The molecule has 0 radical (unpaired) electrons. The van der Waals surface area contributed by atoms with Gasteiger partial charge in [-0.05, 0) is 51.4 Å². The Morgan fingerprint density at radius 3 is 2.75 bits per heavy atom. The highest BCUT2D eigenvalue weighted by molar-refractivity contribution is 7.89. The molecule has 1 fully saturated rings. The number of nitrogens with zero attached hydrogens (tertiary/aromatic N) is 1. The van der Waals surface area contributed by atoms with E-state index in [1.807, 2.05) is 33.0 Å². The van der Waals surface area contributed by atoms with Crippen LogP contribution >= 0.6 is 0 Å². The van der Waals surface area contributed by atoms with Crippen LogP contribution in [-0.2, 0) is 10.0 Å². The van der Waals surface area contributed by atoms with E-state index in [1.54, 1.807) is 16.4 Å². The van der Waals surface area contributed by atoms with Gasteiger partial charge in [0, 0.05) is 18.6 Å². The monoisotopic (exact) mass is 296 g/mol. The van der Waals surface area contributed by atoms with Gasteiger partial charge < -0.3 is 5.32 Å². The Kier molecular flexibility index (Phi) is 4.83. The second-order valence-corrected chi connectivity index (χ2v) is 7.43. The molecule has 4 nitrogen and oxygen atoms in total. The SMILES string of the molecule is CNC(C)c1cccc(S(=O)(=O)N2CCCCC2C)c1. The maximum atomic E-state index is 12.8.